The van der Waals surface area contributed by atoms with E-state index in [1.807, 2.05) is 0 Å². The largest absolute Gasteiger partial charge is 0.449 e. The van der Waals surface area contributed by atoms with E-state index in [4.69, 9.17) is 9.47 Å². The molecule has 0 N–H and O–H groups in total. The highest BCUT2D eigenvalue weighted by Gasteiger charge is 2.52. The molecule has 14 rings (SSSR count). The van der Waals surface area contributed by atoms with E-state index in [0.717, 1.165) is 61.9 Å². The van der Waals surface area contributed by atoms with Gasteiger partial charge < -0.3 is 19.3 Å². The number of benzene rings is 11. The summed E-state index contributed by atoms with van der Waals surface area (Å²) < 4.78 is 14.2. The van der Waals surface area contributed by atoms with Gasteiger partial charge in [-0.3, -0.25) is 0 Å². The first kappa shape index (κ1) is 40.7. The predicted molar refractivity (Wildman–Crippen MR) is 290 cm³/mol. The van der Waals surface area contributed by atoms with Crippen molar-refractivity contribution >= 4 is 34.1 Å². The molecule has 1 spiro atoms. The zero-order valence-corrected chi connectivity index (χ0v) is 38.6. The van der Waals surface area contributed by atoms with E-state index in [0.29, 0.717) is 23.0 Å². The lowest BCUT2D eigenvalue weighted by molar-refractivity contribution is 0.359. The second-order valence-electron chi connectivity index (χ2n) is 18.4. The fraction of sp³-hybridized carbons (Fsp3) is 0.0149. The Morgan fingerprint density at radius 1 is 0.225 bits per heavy atom. The van der Waals surface area contributed by atoms with Crippen LogP contribution in [-0.4, -0.2) is 0 Å². The lowest BCUT2D eigenvalue weighted by Gasteiger charge is -2.31. The number of fused-ring (bicyclic) bond motifs is 12. The van der Waals surface area contributed by atoms with E-state index in [1.165, 1.54) is 38.9 Å². The molecule has 0 radical (unpaired) electrons. The number of hydrogen-bond acceptors (Lipinski definition) is 4. The van der Waals surface area contributed by atoms with Gasteiger partial charge in [-0.25, -0.2) is 0 Å². The van der Waals surface area contributed by atoms with Crippen LogP contribution in [0.4, 0.5) is 34.1 Å². The first-order valence-electron chi connectivity index (χ1n) is 24.2. The van der Waals surface area contributed by atoms with Crippen LogP contribution in [0.15, 0.2) is 267 Å². The molecule has 0 unspecified atom stereocenters. The lowest BCUT2D eigenvalue weighted by Crippen LogP contribution is -2.25. The van der Waals surface area contributed by atoms with Crippen molar-refractivity contribution in [2.45, 2.75) is 5.41 Å². The minimum atomic E-state index is -0.495. The van der Waals surface area contributed by atoms with E-state index >= 15 is 0 Å². The lowest BCUT2D eigenvalue weighted by atomic mass is 9.70. The molecule has 4 heteroatoms. The second-order valence-corrected chi connectivity index (χ2v) is 18.4. The molecule has 0 saturated heterocycles. The molecule has 3 aliphatic rings. The highest BCUT2D eigenvalue weighted by atomic mass is 16.6. The van der Waals surface area contributed by atoms with Crippen molar-refractivity contribution in [2.24, 2.45) is 0 Å². The van der Waals surface area contributed by atoms with Gasteiger partial charge in [0.1, 0.15) is 0 Å². The summed E-state index contributed by atoms with van der Waals surface area (Å²) >= 11 is 0. The molecular formula is C67H44N2O2. The molecule has 0 bridgehead atoms. The maximum Gasteiger partial charge on any atom is 0.170 e. The van der Waals surface area contributed by atoms with Gasteiger partial charge in [0.2, 0.25) is 0 Å². The fourth-order valence-corrected chi connectivity index (χ4v) is 11.5. The Hall–Kier alpha value is -9.38. The van der Waals surface area contributed by atoms with Gasteiger partial charge in [0.15, 0.2) is 23.0 Å². The minimum Gasteiger partial charge on any atom is -0.449 e. The van der Waals surface area contributed by atoms with Gasteiger partial charge in [-0.05, 0) is 164 Å². The van der Waals surface area contributed by atoms with Crippen LogP contribution < -0.4 is 19.3 Å². The Labute approximate surface area is 413 Å². The maximum atomic E-state index is 7.12. The number of ether oxygens (including phenoxy) is 2. The van der Waals surface area contributed by atoms with Gasteiger partial charge >= 0.3 is 0 Å². The average Bonchev–Trinajstić information content (AvgIpc) is 3.90. The van der Waals surface area contributed by atoms with Crippen molar-refractivity contribution in [3.05, 3.63) is 289 Å². The van der Waals surface area contributed by atoms with Crippen LogP contribution in [0.2, 0.25) is 0 Å². The van der Waals surface area contributed by atoms with Crippen LogP contribution in [-0.2, 0) is 5.41 Å². The Bertz CT molecular complexity index is 3670. The molecule has 0 amide bonds. The summed E-state index contributed by atoms with van der Waals surface area (Å²) in [5.41, 5.74) is 20.1. The Balaban J connectivity index is 0.910. The smallest absolute Gasteiger partial charge is 0.170 e. The molecule has 2 aliphatic carbocycles. The first-order valence-corrected chi connectivity index (χ1v) is 24.2. The summed E-state index contributed by atoms with van der Waals surface area (Å²) in [7, 11) is 0. The third kappa shape index (κ3) is 6.46. The molecule has 334 valence electrons. The first-order chi connectivity index (χ1) is 35.2. The van der Waals surface area contributed by atoms with Crippen LogP contribution in [0, 0.1) is 0 Å². The normalized spacial score (nSPS) is 12.8. The minimum absolute atomic E-state index is 0.495. The zero-order valence-electron chi connectivity index (χ0n) is 38.6. The fourth-order valence-electron chi connectivity index (χ4n) is 11.5. The van der Waals surface area contributed by atoms with Crippen LogP contribution in [0.25, 0.3) is 44.5 Å². The molecule has 0 aromatic heterocycles. The molecule has 0 saturated carbocycles. The number of para-hydroxylation sites is 4. The summed E-state index contributed by atoms with van der Waals surface area (Å²) in [6.07, 6.45) is 0. The van der Waals surface area contributed by atoms with Crippen molar-refractivity contribution < 1.29 is 9.47 Å². The molecule has 11 aromatic rings. The highest BCUT2D eigenvalue weighted by Crippen LogP contribution is 2.65. The zero-order chi connectivity index (χ0) is 46.9. The SMILES string of the molecule is c1ccc(N(c2ccccc2)c2ccc(-c3cc4c(cc3-c3ccc(N(c5ccccc5)c5ccccc5)cc3)Oc3cc5c(cc3O4)-c3ccccc3C53c4ccccc4-c4ccccc43)cc2)cc1. The van der Waals surface area contributed by atoms with Crippen molar-refractivity contribution in [3.63, 3.8) is 0 Å². The summed E-state index contributed by atoms with van der Waals surface area (Å²) in [6.45, 7) is 0. The summed E-state index contributed by atoms with van der Waals surface area (Å²) in [4.78, 5) is 4.58. The molecular weight excluding hydrogens is 865 g/mol. The van der Waals surface area contributed by atoms with E-state index in [9.17, 15) is 0 Å². The maximum absolute atomic E-state index is 7.12. The van der Waals surface area contributed by atoms with Gasteiger partial charge in [0.05, 0.1) is 5.41 Å². The van der Waals surface area contributed by atoms with Gasteiger partial charge in [-0.2, -0.15) is 0 Å². The van der Waals surface area contributed by atoms with Gasteiger partial charge in [0, 0.05) is 34.1 Å². The molecule has 1 aliphatic heterocycles. The number of hydrogen-bond donors (Lipinski definition) is 0. The van der Waals surface area contributed by atoms with Crippen molar-refractivity contribution in [1.29, 1.82) is 0 Å². The third-order valence-corrected chi connectivity index (χ3v) is 14.5. The Morgan fingerprint density at radius 3 is 0.873 bits per heavy atom. The number of rotatable bonds is 8. The third-order valence-electron chi connectivity index (χ3n) is 14.5. The molecule has 4 nitrogen and oxygen atoms in total. The van der Waals surface area contributed by atoms with Gasteiger partial charge in [0.25, 0.3) is 0 Å². The second kappa shape index (κ2) is 16.4. The number of anilines is 6. The van der Waals surface area contributed by atoms with Crippen molar-refractivity contribution in [2.75, 3.05) is 9.80 Å². The summed E-state index contributed by atoms with van der Waals surface area (Å²) in [5, 5.41) is 0. The van der Waals surface area contributed by atoms with E-state index in [2.05, 4.69) is 277 Å². The van der Waals surface area contributed by atoms with Gasteiger partial charge in [-0.1, -0.05) is 170 Å². The molecule has 1 heterocycles. The predicted octanol–water partition coefficient (Wildman–Crippen LogP) is 18.2. The van der Waals surface area contributed by atoms with Crippen LogP contribution in [0.1, 0.15) is 22.3 Å². The van der Waals surface area contributed by atoms with Crippen LogP contribution >= 0.6 is 0 Å². The monoisotopic (exact) mass is 908 g/mol. The highest BCUT2D eigenvalue weighted by molar-refractivity contribution is 5.96. The van der Waals surface area contributed by atoms with Crippen molar-refractivity contribution in [1.82, 2.24) is 0 Å². The topological polar surface area (TPSA) is 24.9 Å². The summed E-state index contributed by atoms with van der Waals surface area (Å²) in [5.74, 6) is 2.74. The van der Waals surface area contributed by atoms with Gasteiger partial charge in [-0.15, -0.1) is 0 Å². The molecule has 11 aromatic carbocycles. The Kier molecular flexibility index (Phi) is 9.39. The van der Waals surface area contributed by atoms with Crippen LogP contribution in [0.5, 0.6) is 23.0 Å². The standard InChI is InChI=1S/C67H44N2O2/c1-5-19-47(20-6-1)68(48-21-7-2-8-22-48)51-37-33-45(34-38-51)56-41-63-64(42-57(56)46-35-39-52(40-36-46)69(49-23-9-3-10-24-49)50-25-11-4-12-26-50)71-66-44-62-58(43-65(66)70-63)55-29-15-18-32-61(55)67(62)59-30-16-13-27-53(59)54-28-14-17-31-60(54)67/h1-44H. The van der Waals surface area contributed by atoms with Crippen molar-refractivity contribution in [3.8, 4) is 67.5 Å². The Morgan fingerprint density at radius 2 is 0.507 bits per heavy atom. The summed E-state index contributed by atoms with van der Waals surface area (Å²) in [6, 6.07) is 95.3. The van der Waals surface area contributed by atoms with E-state index in [-0.39, 0.29) is 0 Å². The molecule has 71 heavy (non-hydrogen) atoms. The van der Waals surface area contributed by atoms with Crippen LogP contribution in [0.3, 0.4) is 0 Å². The van der Waals surface area contributed by atoms with E-state index < -0.39 is 5.41 Å². The molecule has 0 fully saturated rings. The average molecular weight is 909 g/mol. The molecule has 0 atom stereocenters. The quantitative estimate of drug-likeness (QED) is 0.152. The number of nitrogens with zero attached hydrogens (tertiary/aromatic N) is 2. The van der Waals surface area contributed by atoms with E-state index in [1.54, 1.807) is 0 Å².